The minimum absolute atomic E-state index is 0. The van der Waals surface area contributed by atoms with Gasteiger partial charge in [-0.3, -0.25) is 0 Å². The molecule has 0 radical (unpaired) electrons. The minimum atomic E-state index is -0.747. The molecule has 1 heterocycles. The van der Waals surface area contributed by atoms with Crippen molar-refractivity contribution in [1.82, 2.24) is 0 Å². The average Bonchev–Trinajstić information content (AvgIpc) is 1.84. The predicted molar refractivity (Wildman–Crippen MR) is 39.7 cm³/mol. The van der Waals surface area contributed by atoms with Gasteiger partial charge >= 0.3 is 60.8 Å². The average molecular weight is 283 g/mol. The van der Waals surface area contributed by atoms with E-state index in [4.69, 9.17) is 0 Å². The Morgan fingerprint density at radius 3 is 1.55 bits per heavy atom. The van der Waals surface area contributed by atoms with Crippen LogP contribution in [-0.4, -0.2) is 73.0 Å². The van der Waals surface area contributed by atoms with E-state index in [-0.39, 0.29) is 48.9 Å². The normalized spacial score (nSPS) is 30.0. The van der Waals surface area contributed by atoms with E-state index in [1.807, 2.05) is 0 Å². The summed E-state index contributed by atoms with van der Waals surface area (Å²) in [5.74, 6) is -0.959. The molecule has 1 rings (SSSR count). The number of esters is 2. The van der Waals surface area contributed by atoms with Gasteiger partial charge < -0.3 is 9.47 Å². The zero-order valence-electron chi connectivity index (χ0n) is 5.79. The van der Waals surface area contributed by atoms with Gasteiger partial charge in [-0.2, -0.15) is 0 Å². The zero-order chi connectivity index (χ0) is 7.72. The molecule has 0 aromatic carbocycles. The predicted octanol–water partition coefficient (Wildman–Crippen LogP) is -1.05. The molecule has 1 aliphatic heterocycles. The van der Waals surface area contributed by atoms with Crippen molar-refractivity contribution in [1.29, 1.82) is 0 Å². The van der Waals surface area contributed by atoms with Crippen molar-refractivity contribution in [3.8, 4) is 0 Å². The van der Waals surface area contributed by atoms with Gasteiger partial charge in [-0.25, -0.2) is 9.59 Å². The second kappa shape index (κ2) is 4.52. The first-order chi connectivity index (χ1) is 4.61. The van der Waals surface area contributed by atoms with Crippen molar-refractivity contribution in [2.75, 3.05) is 0 Å². The molecule has 2 unspecified atom stereocenters. The monoisotopic (exact) mass is 284 g/mol. The van der Waals surface area contributed by atoms with Gasteiger partial charge in [0.1, 0.15) is 0 Å². The van der Waals surface area contributed by atoms with Crippen molar-refractivity contribution >= 4 is 60.8 Å². The molecule has 0 amide bonds. The van der Waals surface area contributed by atoms with E-state index in [1.54, 1.807) is 0 Å². The zero-order valence-corrected chi connectivity index (χ0v) is 5.79. The van der Waals surface area contributed by atoms with Crippen LogP contribution in [0.5, 0.6) is 0 Å². The molecule has 11 heavy (non-hydrogen) atoms. The van der Waals surface area contributed by atoms with E-state index in [2.05, 4.69) is 9.47 Å². The molecule has 5 heteroatoms. The molecule has 2 atom stereocenters. The standard InChI is InChI=1S/C6H8O4.Ba.2H/c1-3-5(7)10-4(2)6(8)9-3;;;/h3-4H,1-2H3;;;. The van der Waals surface area contributed by atoms with Crippen molar-refractivity contribution in [2.45, 2.75) is 26.1 Å². The van der Waals surface area contributed by atoms with Crippen LogP contribution in [0.1, 0.15) is 13.8 Å². The summed E-state index contributed by atoms with van der Waals surface area (Å²) in [6.07, 6.45) is -1.49. The summed E-state index contributed by atoms with van der Waals surface area (Å²) in [5.41, 5.74) is 0. The van der Waals surface area contributed by atoms with E-state index in [1.165, 1.54) is 13.8 Å². The van der Waals surface area contributed by atoms with Gasteiger partial charge in [0.25, 0.3) is 0 Å². The van der Waals surface area contributed by atoms with Crippen molar-refractivity contribution < 1.29 is 19.1 Å². The third-order valence-electron chi connectivity index (χ3n) is 1.25. The third-order valence-corrected chi connectivity index (χ3v) is 1.25. The Bertz CT molecular complexity index is 159. The number of hydrogen-bond acceptors (Lipinski definition) is 4. The van der Waals surface area contributed by atoms with Crippen LogP contribution in [0.3, 0.4) is 0 Å². The van der Waals surface area contributed by atoms with Crippen LogP contribution in [0, 0.1) is 0 Å². The van der Waals surface area contributed by atoms with Crippen molar-refractivity contribution in [2.24, 2.45) is 0 Å². The van der Waals surface area contributed by atoms with E-state index in [0.29, 0.717) is 0 Å². The third kappa shape index (κ3) is 2.79. The first-order valence-corrected chi connectivity index (χ1v) is 3.02. The molecule has 0 aromatic rings. The van der Waals surface area contributed by atoms with E-state index in [0.717, 1.165) is 0 Å². The van der Waals surface area contributed by atoms with E-state index < -0.39 is 24.1 Å². The van der Waals surface area contributed by atoms with Crippen LogP contribution in [0.25, 0.3) is 0 Å². The summed E-state index contributed by atoms with van der Waals surface area (Å²) in [4.78, 5) is 21.3. The summed E-state index contributed by atoms with van der Waals surface area (Å²) in [6.45, 7) is 2.96. The molecule has 1 saturated heterocycles. The van der Waals surface area contributed by atoms with Gasteiger partial charge in [0, 0.05) is 0 Å². The van der Waals surface area contributed by atoms with Crippen LogP contribution in [0.15, 0.2) is 0 Å². The van der Waals surface area contributed by atoms with Crippen molar-refractivity contribution in [3.05, 3.63) is 0 Å². The Morgan fingerprint density at radius 1 is 1.00 bits per heavy atom. The van der Waals surface area contributed by atoms with E-state index in [9.17, 15) is 9.59 Å². The van der Waals surface area contributed by atoms with Gasteiger partial charge in [0.2, 0.25) is 0 Å². The fourth-order valence-corrected chi connectivity index (χ4v) is 0.636. The summed E-state index contributed by atoms with van der Waals surface area (Å²) >= 11 is 0. The van der Waals surface area contributed by atoms with Gasteiger partial charge in [-0.05, 0) is 13.8 Å². The second-order valence-corrected chi connectivity index (χ2v) is 2.16. The molecule has 0 saturated carbocycles. The molecule has 0 bridgehead atoms. The van der Waals surface area contributed by atoms with Gasteiger partial charge in [-0.1, -0.05) is 0 Å². The van der Waals surface area contributed by atoms with Crippen LogP contribution >= 0.6 is 0 Å². The maximum absolute atomic E-state index is 10.7. The molecule has 0 spiro atoms. The molecule has 0 aliphatic carbocycles. The van der Waals surface area contributed by atoms with Gasteiger partial charge in [0.15, 0.2) is 12.2 Å². The molecule has 1 fully saturated rings. The Labute approximate surface area is 105 Å². The number of hydrogen-bond donors (Lipinski definition) is 0. The number of ether oxygens (including phenoxy) is 2. The number of cyclic esters (lactones) is 2. The fraction of sp³-hybridized carbons (Fsp3) is 0.667. The van der Waals surface area contributed by atoms with Crippen LogP contribution < -0.4 is 0 Å². The number of carbonyl (C=O) groups is 2. The second-order valence-electron chi connectivity index (χ2n) is 2.16. The van der Waals surface area contributed by atoms with Crippen LogP contribution in [0.4, 0.5) is 0 Å². The maximum atomic E-state index is 10.7. The molecule has 0 aromatic heterocycles. The summed E-state index contributed by atoms with van der Waals surface area (Å²) in [6, 6.07) is 0. The molecular formula is C6H10BaO4. The Morgan fingerprint density at radius 2 is 1.27 bits per heavy atom. The van der Waals surface area contributed by atoms with E-state index >= 15 is 0 Å². The SMILES string of the molecule is CC1OC(=O)C(C)OC1=O.[BaH2]. The fourth-order valence-electron chi connectivity index (χ4n) is 0.636. The van der Waals surface area contributed by atoms with Gasteiger partial charge in [-0.15, -0.1) is 0 Å². The Hall–Kier alpha value is 0.511. The van der Waals surface area contributed by atoms with Crippen LogP contribution in [0.2, 0.25) is 0 Å². The molecule has 60 valence electrons. The topological polar surface area (TPSA) is 52.6 Å². The molecule has 4 nitrogen and oxygen atoms in total. The summed E-state index contributed by atoms with van der Waals surface area (Å²) < 4.78 is 9.19. The first kappa shape index (κ1) is 11.5. The van der Waals surface area contributed by atoms with Crippen LogP contribution in [-0.2, 0) is 19.1 Å². The van der Waals surface area contributed by atoms with Crippen molar-refractivity contribution in [3.63, 3.8) is 0 Å². The Balaban J connectivity index is 0.000001000. The molecular weight excluding hydrogens is 273 g/mol. The number of carbonyl (C=O) groups excluding carboxylic acids is 2. The first-order valence-electron chi connectivity index (χ1n) is 3.02. The van der Waals surface area contributed by atoms with Gasteiger partial charge in [0.05, 0.1) is 0 Å². The quantitative estimate of drug-likeness (QED) is 0.420. The summed E-state index contributed by atoms with van der Waals surface area (Å²) in [7, 11) is 0. The summed E-state index contributed by atoms with van der Waals surface area (Å²) in [5, 5.41) is 0. The number of rotatable bonds is 0. The molecule has 1 aliphatic rings. The molecule has 0 N–H and O–H groups in total. The Kier molecular flexibility index (Phi) is 4.73.